The molecule has 0 aromatic rings. The van der Waals surface area contributed by atoms with Gasteiger partial charge < -0.3 is 100 Å². The molecule has 468 valence electrons. The Labute approximate surface area is 473 Å². The van der Waals surface area contributed by atoms with E-state index in [1.165, 1.54) is 77.0 Å². The molecule has 14 N–H and O–H groups in total. The molecule has 0 radical (unpaired) electrons. The van der Waals surface area contributed by atoms with Crippen LogP contribution in [0.25, 0.3) is 0 Å². The number of carbonyl (C=O) groups is 3. The first kappa shape index (κ1) is 71.7. The first-order valence-corrected chi connectivity index (χ1v) is 30.0. The summed E-state index contributed by atoms with van der Waals surface area (Å²) < 4.78 is 34.7. The molecule has 18 unspecified atom stereocenters. The normalized spacial score (nSPS) is 30.7. The third-order valence-corrected chi connectivity index (χ3v) is 15.5. The molecule has 0 saturated carbocycles. The molecule has 2 amide bonds. The molecule has 23 heteroatoms. The van der Waals surface area contributed by atoms with Gasteiger partial charge in [0.2, 0.25) is 11.8 Å². The molecular weight excluding hydrogens is 1050 g/mol. The molecule has 0 bridgehead atoms. The number of unbranched alkanes of at least 4 members (excludes halogenated alkanes) is 21. The van der Waals surface area contributed by atoms with Gasteiger partial charge in [0.15, 0.2) is 12.6 Å². The number of aliphatic carboxylic acids is 1. The number of nitrogens with one attached hydrogen (secondary N) is 2. The highest BCUT2D eigenvalue weighted by Gasteiger charge is 2.60. The van der Waals surface area contributed by atoms with Crippen LogP contribution in [0.15, 0.2) is 12.2 Å². The quantitative estimate of drug-likeness (QED) is 0.0308. The number of allylic oxidation sites excluding steroid dienone is 2. The number of amides is 2. The Morgan fingerprint density at radius 1 is 0.637 bits per heavy atom. The van der Waals surface area contributed by atoms with E-state index in [9.17, 15) is 75.7 Å². The van der Waals surface area contributed by atoms with Crippen molar-refractivity contribution in [3.05, 3.63) is 12.2 Å². The Morgan fingerprint density at radius 2 is 1.16 bits per heavy atom. The van der Waals surface area contributed by atoms with E-state index in [1.54, 1.807) is 0 Å². The van der Waals surface area contributed by atoms with Crippen molar-refractivity contribution >= 4 is 17.8 Å². The van der Waals surface area contributed by atoms with Crippen LogP contribution in [0.3, 0.4) is 0 Å². The van der Waals surface area contributed by atoms with Crippen LogP contribution in [0.5, 0.6) is 0 Å². The van der Waals surface area contributed by atoms with Crippen LogP contribution in [-0.2, 0) is 42.8 Å². The summed E-state index contributed by atoms with van der Waals surface area (Å²) in [5, 5.41) is 135. The molecule has 0 aromatic carbocycles. The number of aliphatic hydroxyl groups is 11. The molecular formula is C57H104N2O21. The zero-order valence-electron chi connectivity index (χ0n) is 47.9. The van der Waals surface area contributed by atoms with Crippen molar-refractivity contribution in [3.63, 3.8) is 0 Å². The summed E-state index contributed by atoms with van der Waals surface area (Å²) >= 11 is 0. The highest BCUT2D eigenvalue weighted by atomic mass is 16.8. The third kappa shape index (κ3) is 24.2. The van der Waals surface area contributed by atoms with Crippen molar-refractivity contribution < 1.29 is 104 Å². The monoisotopic (exact) mass is 1150 g/mol. The molecule has 0 aromatic heterocycles. The molecule has 3 fully saturated rings. The lowest BCUT2D eigenvalue weighted by molar-refractivity contribution is -0.386. The standard InChI is InChI=1S/C57H104N2O21/c1-4-6-8-10-12-14-16-18-19-20-22-24-26-28-30-39(64)38(59-44(67)31-29-27-25-23-21-17-15-13-11-9-7-5-2)36-75-54-49(71)48(70)51(43(35-62)77-54)78-55-50(72)53(47(69)42(34-61)76-55)80-57(56(73)74)32-40(65)45(58-37(3)63)52(79-57)46(68)41(66)33-60/h13,15,38-43,45-55,60-62,64-66,68-72H,4-12,14,16-36H2,1-3H3,(H,58,63)(H,59,67)(H,73,74)/b15-13-. The predicted octanol–water partition coefficient (Wildman–Crippen LogP) is 2.39. The number of ether oxygens (including phenoxy) is 6. The van der Waals surface area contributed by atoms with Crippen molar-refractivity contribution in [2.45, 2.75) is 304 Å². The molecule has 23 nitrogen and oxygen atoms in total. The molecule has 80 heavy (non-hydrogen) atoms. The summed E-state index contributed by atoms with van der Waals surface area (Å²) in [7, 11) is 0. The lowest BCUT2D eigenvalue weighted by Crippen LogP contribution is -2.70. The molecule has 18 atom stereocenters. The SMILES string of the molecule is CCCCC/C=C\CCCCCCCC(=O)NC(COC1OC(CO)C(OC2OC(CO)C(O)C(OC3(C(=O)O)CC(O)C(NC(C)=O)C(C(O)C(O)CO)O3)C2O)C(O)C1O)C(O)CCCCCCCCCCCCCCCC. The summed E-state index contributed by atoms with van der Waals surface area (Å²) in [5.74, 6) is -6.11. The van der Waals surface area contributed by atoms with Crippen LogP contribution >= 0.6 is 0 Å². The van der Waals surface area contributed by atoms with Gasteiger partial charge in [0.1, 0.15) is 67.1 Å². The number of hydrogen-bond donors (Lipinski definition) is 14. The summed E-state index contributed by atoms with van der Waals surface area (Å²) in [6, 6.07) is -2.53. The van der Waals surface area contributed by atoms with E-state index in [0.717, 1.165) is 71.1 Å². The van der Waals surface area contributed by atoms with Crippen LogP contribution in [0.1, 0.15) is 194 Å². The molecule has 3 rings (SSSR count). The Bertz CT molecular complexity index is 1700. The zero-order chi connectivity index (χ0) is 59.0. The van der Waals surface area contributed by atoms with Gasteiger partial charge in [-0.1, -0.05) is 148 Å². The zero-order valence-corrected chi connectivity index (χ0v) is 47.9. The minimum Gasteiger partial charge on any atom is -0.477 e. The van der Waals surface area contributed by atoms with Crippen LogP contribution < -0.4 is 10.6 Å². The van der Waals surface area contributed by atoms with Crippen molar-refractivity contribution in [1.82, 2.24) is 10.6 Å². The molecule has 0 aliphatic carbocycles. The largest absolute Gasteiger partial charge is 0.477 e. The van der Waals surface area contributed by atoms with Gasteiger partial charge in [-0.25, -0.2) is 4.79 Å². The summed E-state index contributed by atoms with van der Waals surface area (Å²) in [4.78, 5) is 38.3. The van der Waals surface area contributed by atoms with E-state index in [0.29, 0.717) is 19.3 Å². The maximum Gasteiger partial charge on any atom is 0.364 e. The van der Waals surface area contributed by atoms with Gasteiger partial charge >= 0.3 is 5.97 Å². The van der Waals surface area contributed by atoms with Gasteiger partial charge in [0.25, 0.3) is 5.79 Å². The Hall–Kier alpha value is -2.53. The third-order valence-electron chi connectivity index (χ3n) is 15.5. The lowest BCUT2D eigenvalue weighted by atomic mass is 9.88. The minimum absolute atomic E-state index is 0.213. The second kappa shape index (κ2) is 39.9. The van der Waals surface area contributed by atoms with Crippen LogP contribution in [0, 0.1) is 0 Å². The van der Waals surface area contributed by atoms with Gasteiger partial charge in [-0.15, -0.1) is 0 Å². The van der Waals surface area contributed by atoms with Crippen LogP contribution in [-0.4, -0.2) is 215 Å². The van der Waals surface area contributed by atoms with Gasteiger partial charge in [0.05, 0.1) is 50.7 Å². The first-order chi connectivity index (χ1) is 38.4. The number of carbonyl (C=O) groups excluding carboxylic acids is 2. The predicted molar refractivity (Wildman–Crippen MR) is 292 cm³/mol. The molecule has 3 heterocycles. The second-order valence-corrected chi connectivity index (χ2v) is 22.2. The maximum atomic E-state index is 13.3. The highest BCUT2D eigenvalue weighted by Crippen LogP contribution is 2.38. The molecule has 3 aliphatic heterocycles. The Morgan fingerprint density at radius 3 is 1.71 bits per heavy atom. The summed E-state index contributed by atoms with van der Waals surface area (Å²) in [6.45, 7) is 2.12. The summed E-state index contributed by atoms with van der Waals surface area (Å²) in [6.07, 6.45) is 2.46. The minimum atomic E-state index is -3.08. The van der Waals surface area contributed by atoms with E-state index >= 15 is 0 Å². The van der Waals surface area contributed by atoms with Gasteiger partial charge in [0, 0.05) is 19.8 Å². The first-order valence-electron chi connectivity index (χ1n) is 30.0. The maximum absolute atomic E-state index is 13.3. The molecule has 0 spiro atoms. The van der Waals surface area contributed by atoms with Crippen molar-refractivity contribution in [3.8, 4) is 0 Å². The number of carboxylic acid groups (broad SMARTS) is 1. The fourth-order valence-electron chi connectivity index (χ4n) is 10.6. The van der Waals surface area contributed by atoms with Crippen LogP contribution in [0.2, 0.25) is 0 Å². The average molecular weight is 1150 g/mol. The lowest BCUT2D eigenvalue weighted by Gasteiger charge is -2.50. The van der Waals surface area contributed by atoms with E-state index in [4.69, 9.17) is 28.4 Å². The second-order valence-electron chi connectivity index (χ2n) is 22.2. The van der Waals surface area contributed by atoms with E-state index in [2.05, 4.69) is 36.6 Å². The van der Waals surface area contributed by atoms with E-state index in [-0.39, 0.29) is 18.9 Å². The average Bonchev–Trinajstić information content (AvgIpc) is 3.63. The highest BCUT2D eigenvalue weighted by molar-refractivity contribution is 5.77. The van der Waals surface area contributed by atoms with Crippen LogP contribution in [0.4, 0.5) is 0 Å². The number of hydrogen-bond acceptors (Lipinski definition) is 20. The Balaban J connectivity index is 1.68. The summed E-state index contributed by atoms with van der Waals surface area (Å²) in [5.41, 5.74) is 0. The van der Waals surface area contributed by atoms with Gasteiger partial charge in [-0.2, -0.15) is 0 Å². The van der Waals surface area contributed by atoms with Crippen molar-refractivity contribution in [2.75, 3.05) is 26.4 Å². The fourth-order valence-corrected chi connectivity index (χ4v) is 10.6. The van der Waals surface area contributed by atoms with E-state index < -0.39 is 148 Å². The number of rotatable bonds is 43. The van der Waals surface area contributed by atoms with Gasteiger partial charge in [-0.05, 0) is 38.5 Å². The molecule has 3 aliphatic rings. The Kier molecular flexibility index (Phi) is 35.8. The topological polar surface area (TPSA) is 373 Å². The molecule has 3 saturated heterocycles. The smallest absolute Gasteiger partial charge is 0.364 e. The van der Waals surface area contributed by atoms with E-state index in [1.807, 2.05) is 0 Å². The van der Waals surface area contributed by atoms with Gasteiger partial charge in [-0.3, -0.25) is 9.59 Å². The number of carboxylic acids is 1. The van der Waals surface area contributed by atoms with Crippen molar-refractivity contribution in [1.29, 1.82) is 0 Å². The van der Waals surface area contributed by atoms with Crippen molar-refractivity contribution in [2.24, 2.45) is 0 Å². The number of aliphatic hydroxyl groups excluding tert-OH is 11. The fraction of sp³-hybridized carbons (Fsp3) is 0.912.